The van der Waals surface area contributed by atoms with Crippen LogP contribution in [-0.4, -0.2) is 0 Å². The van der Waals surface area contributed by atoms with Crippen LogP contribution in [0, 0.1) is 22.7 Å². The average Bonchev–Trinajstić information content (AvgIpc) is 2.47. The molecule has 4 heteroatoms. The van der Waals surface area contributed by atoms with Gasteiger partial charge >= 0.3 is 0 Å². The Morgan fingerprint density at radius 1 is 0.722 bits per heavy atom. The Labute approximate surface area is 106 Å². The molecule has 0 amide bonds. The zero-order valence-corrected chi connectivity index (χ0v) is 10.4. The van der Waals surface area contributed by atoms with E-state index in [0.717, 1.165) is 0 Å². The fraction of sp³-hybridized carbons (Fsp3) is 0. The molecule has 0 spiro atoms. The minimum absolute atomic E-state index is 0.549. The highest BCUT2D eigenvalue weighted by molar-refractivity contribution is 7.61. The average molecular weight is 252 g/mol. The fourth-order valence-electron chi connectivity index (χ4n) is 1.56. The normalized spacial score (nSPS) is 9.72. The molecular formula is C14H9N2OP. The van der Waals surface area contributed by atoms with Crippen LogP contribution in [0.2, 0.25) is 0 Å². The van der Waals surface area contributed by atoms with Crippen molar-refractivity contribution in [2.24, 2.45) is 0 Å². The van der Waals surface area contributed by atoms with Crippen molar-refractivity contribution in [2.75, 3.05) is 0 Å². The number of benzene rings is 2. The fourth-order valence-corrected chi connectivity index (χ4v) is 2.83. The lowest BCUT2D eigenvalue weighted by atomic mass is 10.2. The van der Waals surface area contributed by atoms with Crippen molar-refractivity contribution >= 4 is 18.4 Å². The highest BCUT2D eigenvalue weighted by atomic mass is 31.1. The van der Waals surface area contributed by atoms with Crippen LogP contribution in [0.15, 0.2) is 48.5 Å². The first kappa shape index (κ1) is 12.1. The van der Waals surface area contributed by atoms with Crippen LogP contribution in [-0.2, 0) is 4.57 Å². The number of hydrogen-bond acceptors (Lipinski definition) is 3. The van der Waals surface area contributed by atoms with Gasteiger partial charge in [0.25, 0.3) is 0 Å². The van der Waals surface area contributed by atoms with Crippen molar-refractivity contribution in [3.8, 4) is 12.1 Å². The maximum atomic E-state index is 12.3. The summed E-state index contributed by atoms with van der Waals surface area (Å²) in [6.07, 6.45) is 0. The number of nitrogens with zero attached hydrogens (tertiary/aromatic N) is 2. The SMILES string of the molecule is N#Cc1ccc([PH](=O)c2ccc(C#N)cc2)cc1. The second-order valence-electron chi connectivity index (χ2n) is 3.71. The van der Waals surface area contributed by atoms with Crippen LogP contribution in [0.3, 0.4) is 0 Å². The molecule has 3 nitrogen and oxygen atoms in total. The Morgan fingerprint density at radius 2 is 1.06 bits per heavy atom. The molecule has 0 aliphatic rings. The first-order chi connectivity index (χ1) is 8.74. The highest BCUT2D eigenvalue weighted by Gasteiger charge is 2.06. The van der Waals surface area contributed by atoms with Gasteiger partial charge in [-0.2, -0.15) is 10.5 Å². The van der Waals surface area contributed by atoms with E-state index in [1.807, 2.05) is 12.1 Å². The lowest BCUT2D eigenvalue weighted by molar-refractivity contribution is 0.598. The third-order valence-electron chi connectivity index (χ3n) is 2.55. The Bertz CT molecular complexity index is 601. The summed E-state index contributed by atoms with van der Waals surface area (Å²) < 4.78 is 12.3. The van der Waals surface area contributed by atoms with Crippen molar-refractivity contribution in [1.29, 1.82) is 10.5 Å². The second-order valence-corrected chi connectivity index (χ2v) is 5.52. The minimum Gasteiger partial charge on any atom is -0.317 e. The molecule has 0 unspecified atom stereocenters. The molecule has 2 rings (SSSR count). The molecule has 18 heavy (non-hydrogen) atoms. The number of nitriles is 2. The van der Waals surface area contributed by atoms with E-state index in [1.54, 1.807) is 48.5 Å². The van der Waals surface area contributed by atoms with Crippen molar-refractivity contribution in [3.05, 3.63) is 59.7 Å². The van der Waals surface area contributed by atoms with Gasteiger partial charge in [0, 0.05) is 10.6 Å². The Balaban J connectivity index is 2.30. The van der Waals surface area contributed by atoms with Crippen molar-refractivity contribution in [1.82, 2.24) is 0 Å². The molecule has 2 aromatic carbocycles. The summed E-state index contributed by atoms with van der Waals surface area (Å²) in [5.41, 5.74) is 1.10. The van der Waals surface area contributed by atoms with Crippen LogP contribution in [0.25, 0.3) is 0 Å². The van der Waals surface area contributed by atoms with Gasteiger partial charge in [0.1, 0.15) is 7.80 Å². The molecule has 0 saturated heterocycles. The van der Waals surface area contributed by atoms with Gasteiger partial charge in [-0.15, -0.1) is 0 Å². The van der Waals surface area contributed by atoms with Crippen molar-refractivity contribution in [2.45, 2.75) is 0 Å². The maximum Gasteiger partial charge on any atom is 0.131 e. The standard InChI is InChI=1S/C14H9N2OP/c15-9-11-1-5-13(6-2-11)18(17)14-7-3-12(10-16)4-8-14/h1-8,18H. The van der Waals surface area contributed by atoms with Gasteiger partial charge in [-0.25, -0.2) is 0 Å². The van der Waals surface area contributed by atoms with Gasteiger partial charge in [0.2, 0.25) is 0 Å². The Hall–Kier alpha value is -2.35. The van der Waals surface area contributed by atoms with Crippen LogP contribution in [0.5, 0.6) is 0 Å². The molecule has 0 heterocycles. The summed E-state index contributed by atoms with van der Waals surface area (Å²) in [6, 6.07) is 17.5. The quantitative estimate of drug-likeness (QED) is 0.767. The van der Waals surface area contributed by atoms with Crippen LogP contribution in [0.1, 0.15) is 11.1 Å². The topological polar surface area (TPSA) is 64.7 Å². The van der Waals surface area contributed by atoms with Crippen LogP contribution < -0.4 is 10.6 Å². The third kappa shape index (κ3) is 2.48. The van der Waals surface area contributed by atoms with Gasteiger partial charge in [-0.1, -0.05) is 24.3 Å². The van der Waals surface area contributed by atoms with Gasteiger partial charge in [-0.3, -0.25) is 0 Å². The smallest absolute Gasteiger partial charge is 0.131 e. The van der Waals surface area contributed by atoms with Gasteiger partial charge in [0.05, 0.1) is 23.3 Å². The summed E-state index contributed by atoms with van der Waals surface area (Å²) in [7, 11) is -2.06. The van der Waals surface area contributed by atoms with E-state index < -0.39 is 7.80 Å². The van der Waals surface area contributed by atoms with Crippen molar-refractivity contribution in [3.63, 3.8) is 0 Å². The summed E-state index contributed by atoms with van der Waals surface area (Å²) >= 11 is 0. The minimum atomic E-state index is -2.06. The third-order valence-corrected chi connectivity index (χ3v) is 4.27. The number of rotatable bonds is 2. The second kappa shape index (κ2) is 5.32. The van der Waals surface area contributed by atoms with Crippen LogP contribution >= 0.6 is 7.80 Å². The van der Waals surface area contributed by atoms with E-state index >= 15 is 0 Å². The van der Waals surface area contributed by atoms with E-state index in [4.69, 9.17) is 10.5 Å². The first-order valence-electron chi connectivity index (χ1n) is 5.29. The lowest BCUT2D eigenvalue weighted by Crippen LogP contribution is -2.06. The molecule has 0 aromatic heterocycles. The van der Waals surface area contributed by atoms with Gasteiger partial charge in [-0.05, 0) is 24.3 Å². The molecule has 0 atom stereocenters. The molecule has 0 saturated carbocycles. The highest BCUT2D eigenvalue weighted by Crippen LogP contribution is 2.19. The molecule has 0 N–H and O–H groups in total. The summed E-state index contributed by atoms with van der Waals surface area (Å²) in [5, 5.41) is 18.8. The van der Waals surface area contributed by atoms with E-state index in [2.05, 4.69) is 0 Å². The first-order valence-corrected chi connectivity index (χ1v) is 6.70. The molecule has 0 aliphatic heterocycles. The Kier molecular flexibility index (Phi) is 3.58. The van der Waals surface area contributed by atoms with Crippen molar-refractivity contribution < 1.29 is 4.57 Å². The molecule has 2 aromatic rings. The largest absolute Gasteiger partial charge is 0.317 e. The molecule has 0 radical (unpaired) electrons. The molecular weight excluding hydrogens is 243 g/mol. The van der Waals surface area contributed by atoms with E-state index in [0.29, 0.717) is 21.7 Å². The maximum absolute atomic E-state index is 12.3. The predicted molar refractivity (Wildman–Crippen MR) is 70.6 cm³/mol. The van der Waals surface area contributed by atoms with E-state index in [1.165, 1.54) is 0 Å². The lowest BCUT2D eigenvalue weighted by Gasteiger charge is -2.02. The summed E-state index contributed by atoms with van der Waals surface area (Å²) in [5.74, 6) is 0. The molecule has 0 bridgehead atoms. The Morgan fingerprint density at radius 3 is 1.33 bits per heavy atom. The number of hydrogen-bond donors (Lipinski definition) is 0. The molecule has 0 fully saturated rings. The summed E-state index contributed by atoms with van der Waals surface area (Å²) in [4.78, 5) is 0. The van der Waals surface area contributed by atoms with Crippen LogP contribution in [0.4, 0.5) is 0 Å². The van der Waals surface area contributed by atoms with E-state index in [9.17, 15) is 4.57 Å². The predicted octanol–water partition coefficient (Wildman–Crippen LogP) is 1.94. The molecule has 0 aliphatic carbocycles. The zero-order chi connectivity index (χ0) is 13.0. The summed E-state index contributed by atoms with van der Waals surface area (Å²) in [6.45, 7) is 0. The monoisotopic (exact) mass is 252 g/mol. The molecule has 86 valence electrons. The van der Waals surface area contributed by atoms with E-state index in [-0.39, 0.29) is 0 Å². The van der Waals surface area contributed by atoms with Gasteiger partial charge in [0.15, 0.2) is 0 Å². The van der Waals surface area contributed by atoms with Gasteiger partial charge < -0.3 is 4.57 Å². The zero-order valence-electron chi connectivity index (χ0n) is 9.42.